The van der Waals surface area contributed by atoms with E-state index in [1.807, 2.05) is 48.5 Å². The van der Waals surface area contributed by atoms with Crippen molar-refractivity contribution < 1.29 is 0 Å². The van der Waals surface area contributed by atoms with Gasteiger partial charge in [0.2, 0.25) is 0 Å². The number of pyridine rings is 2. The summed E-state index contributed by atoms with van der Waals surface area (Å²) in [6.07, 6.45) is 2.29. The van der Waals surface area contributed by atoms with Gasteiger partial charge >= 0.3 is 0 Å². The van der Waals surface area contributed by atoms with Gasteiger partial charge in [-0.1, -0.05) is 35.9 Å². The van der Waals surface area contributed by atoms with Crippen LogP contribution in [0.1, 0.15) is 17.3 Å². The van der Waals surface area contributed by atoms with Crippen LogP contribution in [0.4, 0.5) is 0 Å². The minimum atomic E-state index is -0.312. The Morgan fingerprint density at radius 3 is 2.71 bits per heavy atom. The number of hydrogen-bond acceptors (Lipinski definition) is 4. The molecule has 3 rings (SSSR count). The number of fused-ring (bicyclic) bond motifs is 1. The van der Waals surface area contributed by atoms with Crippen LogP contribution in [0.3, 0.4) is 0 Å². The van der Waals surface area contributed by atoms with Gasteiger partial charge in [-0.15, -0.1) is 0 Å². The molecule has 104 valence electrons. The highest BCUT2D eigenvalue weighted by atomic mass is 35.5. The zero-order valence-corrected chi connectivity index (χ0v) is 12.0. The monoisotopic (exact) mass is 296 g/mol. The molecular weight excluding hydrogens is 284 g/mol. The molecular formula is C16H13ClN4. The van der Waals surface area contributed by atoms with Gasteiger partial charge in [-0.3, -0.25) is 4.98 Å². The van der Waals surface area contributed by atoms with Crippen molar-refractivity contribution in [1.29, 1.82) is 5.53 Å². The quantitative estimate of drug-likeness (QED) is 0.565. The van der Waals surface area contributed by atoms with Crippen LogP contribution >= 0.6 is 11.6 Å². The Labute approximate surface area is 127 Å². The van der Waals surface area contributed by atoms with E-state index in [-0.39, 0.29) is 6.04 Å². The van der Waals surface area contributed by atoms with Gasteiger partial charge < -0.3 is 0 Å². The molecule has 1 aromatic carbocycles. The van der Waals surface area contributed by atoms with Gasteiger partial charge in [0.25, 0.3) is 0 Å². The summed E-state index contributed by atoms with van der Waals surface area (Å²) in [6, 6.07) is 15.0. The molecule has 0 aliphatic rings. The molecule has 0 saturated carbocycles. The molecule has 1 unspecified atom stereocenters. The van der Waals surface area contributed by atoms with Crippen LogP contribution in [-0.4, -0.2) is 9.97 Å². The SMILES string of the molecule is N=NC(Cc1cc(Cl)nc2ccccc12)c1ccccn1. The van der Waals surface area contributed by atoms with E-state index < -0.39 is 0 Å². The van der Waals surface area contributed by atoms with E-state index in [0.29, 0.717) is 11.6 Å². The van der Waals surface area contributed by atoms with Crippen molar-refractivity contribution in [3.63, 3.8) is 0 Å². The van der Waals surface area contributed by atoms with Gasteiger partial charge in [-0.05, 0) is 29.8 Å². The number of aromatic nitrogens is 2. The highest BCUT2D eigenvalue weighted by molar-refractivity contribution is 6.29. The van der Waals surface area contributed by atoms with E-state index in [1.54, 1.807) is 6.20 Å². The van der Waals surface area contributed by atoms with Crippen molar-refractivity contribution >= 4 is 22.5 Å². The summed E-state index contributed by atoms with van der Waals surface area (Å²) in [7, 11) is 0. The Morgan fingerprint density at radius 2 is 1.95 bits per heavy atom. The van der Waals surface area contributed by atoms with Crippen LogP contribution in [0.2, 0.25) is 5.15 Å². The summed E-state index contributed by atoms with van der Waals surface area (Å²) in [6.45, 7) is 0. The maximum Gasteiger partial charge on any atom is 0.130 e. The number of benzene rings is 1. The molecule has 21 heavy (non-hydrogen) atoms. The smallest absolute Gasteiger partial charge is 0.130 e. The first-order valence-electron chi connectivity index (χ1n) is 6.59. The summed E-state index contributed by atoms with van der Waals surface area (Å²) in [5.41, 5.74) is 10.1. The van der Waals surface area contributed by atoms with Crippen LogP contribution in [0.5, 0.6) is 0 Å². The molecule has 0 amide bonds. The van der Waals surface area contributed by atoms with Crippen molar-refractivity contribution in [3.05, 3.63) is 71.1 Å². The zero-order chi connectivity index (χ0) is 14.7. The predicted molar refractivity (Wildman–Crippen MR) is 82.6 cm³/mol. The van der Waals surface area contributed by atoms with E-state index in [9.17, 15) is 0 Å². The second kappa shape index (κ2) is 5.97. The first kappa shape index (κ1) is 13.6. The Balaban J connectivity index is 2.02. The summed E-state index contributed by atoms with van der Waals surface area (Å²) in [4.78, 5) is 8.60. The number of nitrogens with zero attached hydrogens (tertiary/aromatic N) is 3. The van der Waals surface area contributed by atoms with E-state index in [2.05, 4.69) is 15.1 Å². The first-order valence-corrected chi connectivity index (χ1v) is 6.97. The zero-order valence-electron chi connectivity index (χ0n) is 11.2. The largest absolute Gasteiger partial charge is 0.259 e. The summed E-state index contributed by atoms with van der Waals surface area (Å²) in [5.74, 6) is 0. The van der Waals surface area contributed by atoms with Gasteiger partial charge in [0.1, 0.15) is 11.2 Å². The lowest BCUT2D eigenvalue weighted by Crippen LogP contribution is -2.03. The second-order valence-corrected chi connectivity index (χ2v) is 5.11. The molecule has 0 bridgehead atoms. The molecule has 1 atom stereocenters. The van der Waals surface area contributed by atoms with Crippen molar-refractivity contribution in [2.24, 2.45) is 5.11 Å². The minimum absolute atomic E-state index is 0.312. The van der Waals surface area contributed by atoms with Gasteiger partial charge in [-0.25, -0.2) is 10.5 Å². The van der Waals surface area contributed by atoms with Crippen molar-refractivity contribution in [1.82, 2.24) is 9.97 Å². The number of para-hydroxylation sites is 1. The molecule has 0 radical (unpaired) electrons. The minimum Gasteiger partial charge on any atom is -0.259 e. The van der Waals surface area contributed by atoms with E-state index >= 15 is 0 Å². The molecule has 0 fully saturated rings. The third-order valence-electron chi connectivity index (χ3n) is 3.37. The third-order valence-corrected chi connectivity index (χ3v) is 3.56. The summed E-state index contributed by atoms with van der Waals surface area (Å²) >= 11 is 6.09. The van der Waals surface area contributed by atoms with Crippen LogP contribution in [0.25, 0.3) is 10.9 Å². The normalized spacial score (nSPS) is 12.2. The van der Waals surface area contributed by atoms with Crippen LogP contribution in [-0.2, 0) is 6.42 Å². The molecule has 0 saturated heterocycles. The average molecular weight is 297 g/mol. The molecule has 1 N–H and O–H groups in total. The van der Waals surface area contributed by atoms with E-state index in [4.69, 9.17) is 17.1 Å². The highest BCUT2D eigenvalue weighted by Gasteiger charge is 2.15. The standard InChI is InChI=1S/C16H13ClN4/c17-16-10-11(12-5-1-2-6-13(12)20-16)9-15(21-18)14-7-3-4-8-19-14/h1-8,10,15,18H,9H2. The van der Waals surface area contributed by atoms with Gasteiger partial charge in [0.05, 0.1) is 11.2 Å². The van der Waals surface area contributed by atoms with Crippen molar-refractivity contribution in [2.75, 3.05) is 0 Å². The number of hydrogen-bond donors (Lipinski definition) is 1. The van der Waals surface area contributed by atoms with E-state index in [1.165, 1.54) is 0 Å². The van der Waals surface area contributed by atoms with E-state index in [0.717, 1.165) is 22.2 Å². The number of nitrogens with one attached hydrogen (secondary N) is 1. The predicted octanol–water partition coefficient (Wildman–Crippen LogP) is 4.60. The maximum absolute atomic E-state index is 7.44. The topological polar surface area (TPSA) is 62.0 Å². The molecule has 2 aromatic heterocycles. The second-order valence-electron chi connectivity index (χ2n) is 4.72. The molecule has 4 nitrogen and oxygen atoms in total. The third kappa shape index (κ3) is 2.90. The van der Waals surface area contributed by atoms with Gasteiger partial charge in [-0.2, -0.15) is 5.11 Å². The molecule has 3 aromatic rings. The maximum atomic E-state index is 7.44. The van der Waals surface area contributed by atoms with Gasteiger partial charge in [0.15, 0.2) is 0 Å². The fourth-order valence-electron chi connectivity index (χ4n) is 2.38. The lowest BCUT2D eigenvalue weighted by molar-refractivity contribution is 0.645. The van der Waals surface area contributed by atoms with Crippen LogP contribution in [0, 0.1) is 5.53 Å². The van der Waals surface area contributed by atoms with Crippen LogP contribution < -0.4 is 0 Å². The lowest BCUT2D eigenvalue weighted by Gasteiger charge is -2.12. The molecule has 2 heterocycles. The van der Waals surface area contributed by atoms with Crippen LogP contribution in [0.15, 0.2) is 59.8 Å². The van der Waals surface area contributed by atoms with Gasteiger partial charge in [0, 0.05) is 18.0 Å². The van der Waals surface area contributed by atoms with Crippen molar-refractivity contribution in [2.45, 2.75) is 12.5 Å². The summed E-state index contributed by atoms with van der Waals surface area (Å²) in [5, 5.41) is 5.20. The number of rotatable bonds is 4. The molecule has 0 aliphatic heterocycles. The Kier molecular flexibility index (Phi) is 3.88. The lowest BCUT2D eigenvalue weighted by atomic mass is 10.00. The molecule has 0 spiro atoms. The Bertz CT molecular complexity index is 774. The summed E-state index contributed by atoms with van der Waals surface area (Å²) < 4.78 is 0. The average Bonchev–Trinajstić information content (AvgIpc) is 2.53. The fraction of sp³-hybridized carbons (Fsp3) is 0.125. The Hall–Kier alpha value is -2.33. The van der Waals surface area contributed by atoms with Crippen molar-refractivity contribution in [3.8, 4) is 0 Å². The molecule has 5 heteroatoms. The Morgan fingerprint density at radius 1 is 1.14 bits per heavy atom. The highest BCUT2D eigenvalue weighted by Crippen LogP contribution is 2.27. The molecule has 0 aliphatic carbocycles. The fourth-order valence-corrected chi connectivity index (χ4v) is 2.60. The number of halogens is 1. The first-order chi connectivity index (χ1) is 10.3.